The summed E-state index contributed by atoms with van der Waals surface area (Å²) in [5.74, 6) is 1.09. The molecule has 8 heteroatoms. The van der Waals surface area contributed by atoms with Crippen molar-refractivity contribution in [2.24, 2.45) is 0 Å². The van der Waals surface area contributed by atoms with Gasteiger partial charge in [0.15, 0.2) is 23.3 Å². The molecule has 2 aromatic rings. The molecule has 2 heterocycles. The number of nitrogens with zero attached hydrogens (tertiary/aromatic N) is 3. The van der Waals surface area contributed by atoms with E-state index in [0.29, 0.717) is 22.5 Å². The number of rotatable bonds is 5. The van der Waals surface area contributed by atoms with E-state index in [9.17, 15) is 4.79 Å². The average molecular weight is 280 g/mol. The van der Waals surface area contributed by atoms with Crippen molar-refractivity contribution in [1.82, 2.24) is 15.1 Å². The third-order valence-corrected chi connectivity index (χ3v) is 2.63. The van der Waals surface area contributed by atoms with Crippen LogP contribution in [0.2, 0.25) is 0 Å². The van der Waals surface area contributed by atoms with Gasteiger partial charge in [-0.25, -0.2) is 9.97 Å². The zero-order valence-corrected chi connectivity index (χ0v) is 11.2. The molecule has 0 aliphatic carbocycles. The summed E-state index contributed by atoms with van der Waals surface area (Å²) >= 11 is 1.43. The topological polar surface area (TPSA) is 90.1 Å². The lowest BCUT2D eigenvalue weighted by Crippen LogP contribution is -2.20. The summed E-state index contributed by atoms with van der Waals surface area (Å²) in [6, 6.07) is 1.62. The Morgan fingerprint density at radius 1 is 1.47 bits per heavy atom. The maximum Gasteiger partial charge on any atom is 0.263 e. The lowest BCUT2D eigenvalue weighted by atomic mass is 10.5. The number of aryl methyl sites for hydroxylation is 1. The lowest BCUT2D eigenvalue weighted by molar-refractivity contribution is -0.118. The number of amides is 1. The SMILES string of the molecule is CSc1ncc(OCC(=O)Nc2cc(C)on2)cn1. The highest BCUT2D eigenvalue weighted by Gasteiger charge is 2.07. The van der Waals surface area contributed by atoms with Gasteiger partial charge in [-0.2, -0.15) is 0 Å². The van der Waals surface area contributed by atoms with Crippen LogP contribution in [0.4, 0.5) is 5.82 Å². The molecule has 0 unspecified atom stereocenters. The van der Waals surface area contributed by atoms with Crippen molar-refractivity contribution < 1.29 is 14.1 Å². The molecule has 0 spiro atoms. The molecule has 0 saturated carbocycles. The Morgan fingerprint density at radius 3 is 2.79 bits per heavy atom. The number of carbonyl (C=O) groups excluding carboxylic acids is 1. The Morgan fingerprint density at radius 2 is 2.21 bits per heavy atom. The number of carbonyl (C=O) groups is 1. The van der Waals surface area contributed by atoms with E-state index >= 15 is 0 Å². The number of hydrogen-bond acceptors (Lipinski definition) is 7. The maximum atomic E-state index is 11.6. The van der Waals surface area contributed by atoms with Crippen LogP contribution in [0.1, 0.15) is 5.76 Å². The second-order valence-electron chi connectivity index (χ2n) is 3.57. The van der Waals surface area contributed by atoms with E-state index < -0.39 is 0 Å². The number of hydrogen-bond donors (Lipinski definition) is 1. The highest BCUT2D eigenvalue weighted by atomic mass is 32.2. The third-order valence-electron chi connectivity index (χ3n) is 2.05. The molecule has 1 amide bonds. The van der Waals surface area contributed by atoms with E-state index in [1.807, 2.05) is 6.26 Å². The molecular weight excluding hydrogens is 268 g/mol. The maximum absolute atomic E-state index is 11.6. The summed E-state index contributed by atoms with van der Waals surface area (Å²) in [5, 5.41) is 6.83. The molecule has 0 radical (unpaired) electrons. The molecule has 19 heavy (non-hydrogen) atoms. The Labute approximate surface area is 113 Å². The van der Waals surface area contributed by atoms with Crippen molar-refractivity contribution in [2.45, 2.75) is 12.1 Å². The van der Waals surface area contributed by atoms with Crippen LogP contribution in [-0.2, 0) is 4.79 Å². The summed E-state index contributed by atoms with van der Waals surface area (Å²) in [4.78, 5) is 19.6. The second-order valence-corrected chi connectivity index (χ2v) is 4.34. The van der Waals surface area contributed by atoms with E-state index in [1.165, 1.54) is 24.2 Å². The van der Waals surface area contributed by atoms with Crippen LogP contribution < -0.4 is 10.1 Å². The Bertz CT molecular complexity index is 555. The van der Waals surface area contributed by atoms with Gasteiger partial charge >= 0.3 is 0 Å². The van der Waals surface area contributed by atoms with Gasteiger partial charge < -0.3 is 14.6 Å². The van der Waals surface area contributed by atoms with Crippen molar-refractivity contribution in [3.8, 4) is 5.75 Å². The Hall–Kier alpha value is -2.09. The zero-order chi connectivity index (χ0) is 13.7. The average Bonchev–Trinajstić information content (AvgIpc) is 2.82. The molecule has 0 saturated heterocycles. The monoisotopic (exact) mass is 280 g/mol. The van der Waals surface area contributed by atoms with Gasteiger partial charge in [0, 0.05) is 6.07 Å². The second kappa shape index (κ2) is 6.19. The molecule has 2 aromatic heterocycles. The normalized spacial score (nSPS) is 10.2. The highest BCUT2D eigenvalue weighted by Crippen LogP contribution is 2.12. The van der Waals surface area contributed by atoms with Crippen molar-refractivity contribution in [1.29, 1.82) is 0 Å². The van der Waals surface area contributed by atoms with Crippen LogP contribution in [0.25, 0.3) is 0 Å². The predicted octanol–water partition coefficient (Wildman–Crippen LogP) is 1.51. The molecular formula is C11H12N4O3S. The third kappa shape index (κ3) is 3.95. The van der Waals surface area contributed by atoms with Gasteiger partial charge in [-0.1, -0.05) is 16.9 Å². The molecule has 0 aromatic carbocycles. The van der Waals surface area contributed by atoms with E-state index in [-0.39, 0.29) is 12.5 Å². The molecule has 0 atom stereocenters. The van der Waals surface area contributed by atoms with Gasteiger partial charge in [0.1, 0.15) is 5.76 Å². The first-order valence-electron chi connectivity index (χ1n) is 5.39. The Kier molecular flexibility index (Phi) is 4.35. The van der Waals surface area contributed by atoms with Crippen LogP contribution in [-0.4, -0.2) is 33.9 Å². The van der Waals surface area contributed by atoms with Crippen LogP contribution in [0, 0.1) is 6.92 Å². The first-order chi connectivity index (χ1) is 9.17. The Balaban J connectivity index is 1.82. The van der Waals surface area contributed by atoms with Gasteiger partial charge in [0.05, 0.1) is 12.4 Å². The number of nitrogens with one attached hydrogen (secondary N) is 1. The number of aromatic nitrogens is 3. The van der Waals surface area contributed by atoms with Crippen molar-refractivity contribution in [2.75, 3.05) is 18.2 Å². The zero-order valence-electron chi connectivity index (χ0n) is 10.4. The minimum absolute atomic E-state index is 0.145. The number of thioether (sulfide) groups is 1. The van der Waals surface area contributed by atoms with E-state index in [1.54, 1.807) is 13.0 Å². The standard InChI is InChI=1S/C11H12N4O3S/c1-7-3-9(15-18-7)14-10(16)6-17-8-4-12-11(19-2)13-5-8/h3-5H,6H2,1-2H3,(H,14,15,16). The first kappa shape index (κ1) is 13.3. The molecule has 0 fully saturated rings. The summed E-state index contributed by atoms with van der Waals surface area (Å²) in [6.07, 6.45) is 4.92. The van der Waals surface area contributed by atoms with Gasteiger partial charge in [-0.05, 0) is 13.2 Å². The van der Waals surface area contributed by atoms with Crippen LogP contribution in [0.3, 0.4) is 0 Å². The molecule has 1 N–H and O–H groups in total. The molecule has 100 valence electrons. The van der Waals surface area contributed by atoms with Crippen LogP contribution >= 0.6 is 11.8 Å². The molecule has 7 nitrogen and oxygen atoms in total. The molecule has 0 bridgehead atoms. The van der Waals surface area contributed by atoms with Gasteiger partial charge in [-0.3, -0.25) is 4.79 Å². The lowest BCUT2D eigenvalue weighted by Gasteiger charge is -2.04. The summed E-state index contributed by atoms with van der Waals surface area (Å²) in [7, 11) is 0. The predicted molar refractivity (Wildman–Crippen MR) is 69.2 cm³/mol. The van der Waals surface area contributed by atoms with Crippen LogP contribution in [0.5, 0.6) is 5.75 Å². The minimum Gasteiger partial charge on any atom is -0.481 e. The summed E-state index contributed by atoms with van der Waals surface area (Å²) in [5.41, 5.74) is 0. The molecule has 0 aliphatic heterocycles. The fourth-order valence-electron chi connectivity index (χ4n) is 1.24. The van der Waals surface area contributed by atoms with E-state index in [0.717, 1.165) is 0 Å². The molecule has 2 rings (SSSR count). The smallest absolute Gasteiger partial charge is 0.263 e. The quantitative estimate of drug-likeness (QED) is 0.655. The van der Waals surface area contributed by atoms with Crippen molar-refractivity contribution in [3.63, 3.8) is 0 Å². The largest absolute Gasteiger partial charge is 0.481 e. The van der Waals surface area contributed by atoms with Gasteiger partial charge in [-0.15, -0.1) is 0 Å². The fourth-order valence-corrected chi connectivity index (χ4v) is 1.55. The van der Waals surface area contributed by atoms with Gasteiger partial charge in [0.2, 0.25) is 0 Å². The highest BCUT2D eigenvalue weighted by molar-refractivity contribution is 7.98. The van der Waals surface area contributed by atoms with E-state index in [4.69, 9.17) is 9.26 Å². The van der Waals surface area contributed by atoms with Crippen LogP contribution in [0.15, 0.2) is 28.1 Å². The minimum atomic E-state index is -0.331. The van der Waals surface area contributed by atoms with E-state index in [2.05, 4.69) is 20.4 Å². The summed E-state index contributed by atoms with van der Waals surface area (Å²) < 4.78 is 10.1. The molecule has 0 aliphatic rings. The van der Waals surface area contributed by atoms with Crippen molar-refractivity contribution >= 4 is 23.5 Å². The van der Waals surface area contributed by atoms with Gasteiger partial charge in [0.25, 0.3) is 5.91 Å². The number of ether oxygens (including phenoxy) is 1. The van der Waals surface area contributed by atoms with Crippen molar-refractivity contribution in [3.05, 3.63) is 24.2 Å². The fraction of sp³-hybridized carbons (Fsp3) is 0.273. The first-order valence-corrected chi connectivity index (χ1v) is 6.62. The summed E-state index contributed by atoms with van der Waals surface area (Å²) in [6.45, 7) is 1.59. The number of anilines is 1.